The van der Waals surface area contributed by atoms with E-state index in [2.05, 4.69) is 158 Å². The number of aromatic nitrogens is 3. The van der Waals surface area contributed by atoms with E-state index in [-0.39, 0.29) is 0 Å². The van der Waals surface area contributed by atoms with Crippen molar-refractivity contribution >= 4 is 75.0 Å². The molecule has 0 aliphatic rings. The number of benzene rings is 9. The third kappa shape index (κ3) is 5.25. The third-order valence-corrected chi connectivity index (χ3v) is 12.5. The third-order valence-electron chi connectivity index (χ3n) is 11.4. The first kappa shape index (κ1) is 32.7. The van der Waals surface area contributed by atoms with Gasteiger partial charge in [-0.1, -0.05) is 158 Å². The van der Waals surface area contributed by atoms with E-state index in [1.54, 1.807) is 0 Å². The van der Waals surface area contributed by atoms with Gasteiger partial charge in [0.25, 0.3) is 0 Å². The van der Waals surface area contributed by atoms with Gasteiger partial charge in [0, 0.05) is 47.6 Å². The molecule has 4 nitrogen and oxygen atoms in total. The standard InChI is InChI=1S/C53H31N3OS/c1-2-12-37-36(11-1)31-44(40-14-4-3-13-39(37)40)33-25-29-35(30-26-33)52-54-51(55-53(56-52)43-18-9-20-46-49(43)41-15-5-7-19-45(41)57-46)34-27-23-32(24-28-34)38-17-10-22-48-50(38)42-16-6-8-21-47(42)58-48/h1-31H. The molecule has 12 aromatic rings. The lowest BCUT2D eigenvalue weighted by Gasteiger charge is -2.12. The van der Waals surface area contributed by atoms with E-state index in [1.165, 1.54) is 52.8 Å². The zero-order valence-corrected chi connectivity index (χ0v) is 31.9. The number of hydrogen-bond donors (Lipinski definition) is 0. The average molecular weight is 758 g/mol. The summed E-state index contributed by atoms with van der Waals surface area (Å²) in [6.07, 6.45) is 0. The van der Waals surface area contributed by atoms with Crippen LogP contribution in [0.25, 0.3) is 120 Å². The van der Waals surface area contributed by atoms with Crippen molar-refractivity contribution in [3.05, 3.63) is 188 Å². The fourth-order valence-electron chi connectivity index (χ4n) is 8.62. The number of furan rings is 1. The van der Waals surface area contributed by atoms with Gasteiger partial charge in [-0.15, -0.1) is 11.3 Å². The van der Waals surface area contributed by atoms with Crippen LogP contribution in [-0.4, -0.2) is 15.0 Å². The fourth-order valence-corrected chi connectivity index (χ4v) is 9.75. The van der Waals surface area contributed by atoms with Crippen LogP contribution in [0.5, 0.6) is 0 Å². The highest BCUT2D eigenvalue weighted by atomic mass is 32.1. The van der Waals surface area contributed by atoms with Gasteiger partial charge in [0.2, 0.25) is 0 Å². The number of fused-ring (bicyclic) bond motifs is 9. The minimum Gasteiger partial charge on any atom is -0.456 e. The van der Waals surface area contributed by atoms with Crippen LogP contribution in [0.3, 0.4) is 0 Å². The molecule has 0 bridgehead atoms. The molecule has 0 amide bonds. The van der Waals surface area contributed by atoms with Crippen molar-refractivity contribution in [2.24, 2.45) is 0 Å². The van der Waals surface area contributed by atoms with Crippen molar-refractivity contribution in [2.45, 2.75) is 0 Å². The van der Waals surface area contributed by atoms with Crippen molar-refractivity contribution in [1.29, 1.82) is 0 Å². The summed E-state index contributed by atoms with van der Waals surface area (Å²) in [7, 11) is 0. The Bertz CT molecular complexity index is 3560. The molecule has 0 radical (unpaired) electrons. The van der Waals surface area contributed by atoms with Crippen LogP contribution in [-0.2, 0) is 0 Å². The van der Waals surface area contributed by atoms with Gasteiger partial charge in [0.15, 0.2) is 17.5 Å². The maximum absolute atomic E-state index is 6.29. The molecule has 3 aromatic heterocycles. The van der Waals surface area contributed by atoms with E-state index < -0.39 is 0 Å². The molecule has 0 N–H and O–H groups in total. The Kier molecular flexibility index (Phi) is 7.37. The molecule has 12 rings (SSSR count). The topological polar surface area (TPSA) is 51.8 Å². The second-order valence-electron chi connectivity index (χ2n) is 14.7. The average Bonchev–Trinajstić information content (AvgIpc) is 3.88. The molecule has 0 spiro atoms. The molecule has 0 aliphatic heterocycles. The number of thiophene rings is 1. The van der Waals surface area contributed by atoms with Gasteiger partial charge in [0.1, 0.15) is 11.2 Å². The molecule has 0 saturated carbocycles. The van der Waals surface area contributed by atoms with Crippen molar-refractivity contribution in [3.63, 3.8) is 0 Å². The largest absolute Gasteiger partial charge is 0.456 e. The van der Waals surface area contributed by atoms with E-state index in [0.29, 0.717) is 17.5 Å². The maximum atomic E-state index is 6.29. The number of nitrogens with zero attached hydrogens (tertiary/aromatic N) is 3. The lowest BCUT2D eigenvalue weighted by molar-refractivity contribution is 0.669. The summed E-state index contributed by atoms with van der Waals surface area (Å²) < 4.78 is 8.88. The van der Waals surface area contributed by atoms with Crippen molar-refractivity contribution in [2.75, 3.05) is 0 Å². The van der Waals surface area contributed by atoms with Crippen LogP contribution < -0.4 is 0 Å². The molecule has 0 aliphatic carbocycles. The predicted molar refractivity (Wildman–Crippen MR) is 242 cm³/mol. The van der Waals surface area contributed by atoms with Gasteiger partial charge < -0.3 is 4.42 Å². The van der Waals surface area contributed by atoms with Crippen LogP contribution in [0.2, 0.25) is 0 Å². The Balaban J connectivity index is 1.01. The summed E-state index contributed by atoms with van der Waals surface area (Å²) in [5.41, 5.74) is 9.07. The summed E-state index contributed by atoms with van der Waals surface area (Å²) in [5.74, 6) is 1.82. The molecule has 270 valence electrons. The Morgan fingerprint density at radius 2 is 0.862 bits per heavy atom. The van der Waals surface area contributed by atoms with Crippen LogP contribution in [0.1, 0.15) is 0 Å². The van der Waals surface area contributed by atoms with Gasteiger partial charge in [-0.3, -0.25) is 0 Å². The first-order valence-electron chi connectivity index (χ1n) is 19.4. The van der Waals surface area contributed by atoms with Crippen molar-refractivity contribution < 1.29 is 4.42 Å². The molecular weight excluding hydrogens is 727 g/mol. The van der Waals surface area contributed by atoms with Gasteiger partial charge in [-0.2, -0.15) is 0 Å². The second-order valence-corrected chi connectivity index (χ2v) is 15.8. The Morgan fingerprint density at radius 3 is 1.64 bits per heavy atom. The second kappa shape index (κ2) is 13.1. The molecule has 0 fully saturated rings. The number of hydrogen-bond acceptors (Lipinski definition) is 5. The minimum absolute atomic E-state index is 0.598. The van der Waals surface area contributed by atoms with E-state index in [4.69, 9.17) is 19.4 Å². The monoisotopic (exact) mass is 757 g/mol. The van der Waals surface area contributed by atoms with E-state index >= 15 is 0 Å². The van der Waals surface area contributed by atoms with Crippen LogP contribution in [0.15, 0.2) is 192 Å². The highest BCUT2D eigenvalue weighted by Crippen LogP contribution is 2.41. The Labute approximate surface area is 337 Å². The molecule has 0 saturated heterocycles. The van der Waals surface area contributed by atoms with Gasteiger partial charge in [-0.25, -0.2) is 15.0 Å². The zero-order chi connectivity index (χ0) is 38.2. The van der Waals surface area contributed by atoms with Gasteiger partial charge >= 0.3 is 0 Å². The minimum atomic E-state index is 0.598. The van der Waals surface area contributed by atoms with Crippen LogP contribution in [0, 0.1) is 0 Å². The quantitative estimate of drug-likeness (QED) is 0.164. The highest BCUT2D eigenvalue weighted by molar-refractivity contribution is 7.25. The Hall–Kier alpha value is -7.47. The maximum Gasteiger partial charge on any atom is 0.164 e. The van der Waals surface area contributed by atoms with E-state index in [9.17, 15) is 0 Å². The molecule has 58 heavy (non-hydrogen) atoms. The summed E-state index contributed by atoms with van der Waals surface area (Å²) in [4.78, 5) is 15.5. The van der Waals surface area contributed by atoms with Gasteiger partial charge in [0.05, 0.1) is 0 Å². The summed E-state index contributed by atoms with van der Waals surface area (Å²) in [6.45, 7) is 0. The fraction of sp³-hybridized carbons (Fsp3) is 0. The lowest BCUT2D eigenvalue weighted by atomic mass is 9.93. The number of para-hydroxylation sites is 1. The SMILES string of the molecule is c1ccc2c(c1)cc(-c1ccc(-c3nc(-c4ccc(-c5cccc6sc7ccccc7c56)cc4)nc(-c4cccc5oc6ccccc6c45)n3)cc1)c1ccccc12. The highest BCUT2D eigenvalue weighted by Gasteiger charge is 2.19. The van der Waals surface area contributed by atoms with Crippen LogP contribution in [0.4, 0.5) is 0 Å². The summed E-state index contributed by atoms with van der Waals surface area (Å²) >= 11 is 1.84. The normalized spacial score (nSPS) is 11.8. The predicted octanol–water partition coefficient (Wildman–Crippen LogP) is 14.8. The molecule has 5 heteroatoms. The Morgan fingerprint density at radius 1 is 0.328 bits per heavy atom. The molecule has 0 atom stereocenters. The first-order chi connectivity index (χ1) is 28.7. The molecular formula is C53H31N3OS. The van der Waals surface area contributed by atoms with Crippen molar-refractivity contribution in [3.8, 4) is 56.4 Å². The molecule has 9 aromatic carbocycles. The summed E-state index contributed by atoms with van der Waals surface area (Å²) in [6, 6.07) is 66.3. The number of rotatable bonds is 5. The van der Waals surface area contributed by atoms with Crippen LogP contribution >= 0.6 is 11.3 Å². The molecule has 0 unspecified atom stereocenters. The van der Waals surface area contributed by atoms with E-state index in [0.717, 1.165) is 49.8 Å². The van der Waals surface area contributed by atoms with E-state index in [1.807, 2.05) is 41.7 Å². The van der Waals surface area contributed by atoms with Gasteiger partial charge in [-0.05, 0) is 74.1 Å². The summed E-state index contributed by atoms with van der Waals surface area (Å²) in [5, 5.41) is 9.56. The van der Waals surface area contributed by atoms with Crippen molar-refractivity contribution in [1.82, 2.24) is 15.0 Å². The first-order valence-corrected chi connectivity index (χ1v) is 20.2. The lowest BCUT2D eigenvalue weighted by Crippen LogP contribution is -2.00. The molecule has 3 heterocycles. The zero-order valence-electron chi connectivity index (χ0n) is 31.1. The smallest absolute Gasteiger partial charge is 0.164 e.